The molecule has 0 radical (unpaired) electrons. The van der Waals surface area contributed by atoms with E-state index < -0.39 is 0 Å². The van der Waals surface area contributed by atoms with Crippen LogP contribution in [0.5, 0.6) is 0 Å². The van der Waals surface area contributed by atoms with Crippen molar-refractivity contribution in [1.82, 2.24) is 14.3 Å². The molecule has 3 aromatic heterocycles. The normalized spacial score (nSPS) is 18.5. The molecule has 31 heavy (non-hydrogen) atoms. The number of carbonyl (C=O) groups excluding carboxylic acids is 1. The van der Waals surface area contributed by atoms with Crippen molar-refractivity contribution in [2.75, 3.05) is 31.2 Å². The van der Waals surface area contributed by atoms with E-state index >= 15 is 0 Å². The standard InChI is InChI=1S/C21H18N4O4S2/c26-19-15(12-16-20(27)25(21(30)31-16)13-14-4-3-9-29-14)18(23-7-10-28-11-8-23)22-17-5-1-2-6-24(17)19/h1-6,9,12H,7-8,10-11,13H2/b16-12-. The molecule has 0 aromatic carbocycles. The van der Waals surface area contributed by atoms with E-state index in [2.05, 4.69) is 0 Å². The lowest BCUT2D eigenvalue weighted by Crippen LogP contribution is -2.38. The number of anilines is 1. The van der Waals surface area contributed by atoms with E-state index in [0.29, 0.717) is 58.3 Å². The van der Waals surface area contributed by atoms with Crippen LogP contribution in [-0.4, -0.2) is 50.8 Å². The second-order valence-electron chi connectivity index (χ2n) is 7.03. The molecule has 5 rings (SSSR count). The van der Waals surface area contributed by atoms with Gasteiger partial charge in [-0.2, -0.15) is 0 Å². The maximum Gasteiger partial charge on any atom is 0.267 e. The molecule has 0 bridgehead atoms. The van der Waals surface area contributed by atoms with E-state index in [0.717, 1.165) is 0 Å². The summed E-state index contributed by atoms with van der Waals surface area (Å²) in [4.78, 5) is 35.0. The minimum absolute atomic E-state index is 0.233. The van der Waals surface area contributed by atoms with E-state index in [4.69, 9.17) is 26.4 Å². The lowest BCUT2D eigenvalue weighted by atomic mass is 10.2. The van der Waals surface area contributed by atoms with E-state index in [-0.39, 0.29) is 18.0 Å². The smallest absolute Gasteiger partial charge is 0.267 e. The van der Waals surface area contributed by atoms with Crippen LogP contribution in [0.1, 0.15) is 11.3 Å². The highest BCUT2D eigenvalue weighted by Crippen LogP contribution is 2.34. The first-order valence-electron chi connectivity index (χ1n) is 9.73. The summed E-state index contributed by atoms with van der Waals surface area (Å²) in [6.07, 6.45) is 4.84. The number of hydrogen-bond donors (Lipinski definition) is 0. The van der Waals surface area contributed by atoms with Crippen molar-refractivity contribution in [3.8, 4) is 0 Å². The zero-order valence-corrected chi connectivity index (χ0v) is 18.0. The van der Waals surface area contributed by atoms with Crippen molar-refractivity contribution >= 4 is 51.7 Å². The van der Waals surface area contributed by atoms with Crippen molar-refractivity contribution in [2.24, 2.45) is 0 Å². The van der Waals surface area contributed by atoms with Crippen LogP contribution in [-0.2, 0) is 16.1 Å². The number of pyridine rings is 1. The van der Waals surface area contributed by atoms with Gasteiger partial charge in [0.15, 0.2) is 0 Å². The fourth-order valence-electron chi connectivity index (χ4n) is 3.56. The maximum atomic E-state index is 13.3. The third-order valence-corrected chi connectivity index (χ3v) is 6.48. The first-order chi connectivity index (χ1) is 15.1. The average molecular weight is 455 g/mol. The number of aromatic nitrogens is 2. The van der Waals surface area contributed by atoms with Gasteiger partial charge in [0.25, 0.3) is 11.5 Å². The molecule has 0 spiro atoms. The summed E-state index contributed by atoms with van der Waals surface area (Å²) in [7, 11) is 0. The zero-order valence-electron chi connectivity index (χ0n) is 16.4. The number of hydrogen-bond acceptors (Lipinski definition) is 8. The van der Waals surface area contributed by atoms with Gasteiger partial charge in [-0.25, -0.2) is 4.98 Å². The molecule has 5 heterocycles. The lowest BCUT2D eigenvalue weighted by Gasteiger charge is -2.29. The predicted molar refractivity (Wildman–Crippen MR) is 122 cm³/mol. The van der Waals surface area contributed by atoms with Gasteiger partial charge in [0, 0.05) is 19.3 Å². The maximum absolute atomic E-state index is 13.3. The molecule has 3 aromatic rings. The minimum Gasteiger partial charge on any atom is -0.467 e. The summed E-state index contributed by atoms with van der Waals surface area (Å²) in [6, 6.07) is 8.96. The molecule has 0 saturated carbocycles. The highest BCUT2D eigenvalue weighted by Gasteiger charge is 2.33. The molecule has 8 nitrogen and oxygen atoms in total. The highest BCUT2D eigenvalue weighted by atomic mass is 32.2. The van der Waals surface area contributed by atoms with Gasteiger partial charge >= 0.3 is 0 Å². The molecule has 2 aliphatic heterocycles. The molecule has 2 saturated heterocycles. The molecule has 0 N–H and O–H groups in total. The number of furan rings is 1. The molecular weight excluding hydrogens is 436 g/mol. The number of morpholine rings is 1. The van der Waals surface area contributed by atoms with Gasteiger partial charge in [-0.1, -0.05) is 30.0 Å². The van der Waals surface area contributed by atoms with Crippen LogP contribution in [0.25, 0.3) is 11.7 Å². The molecule has 0 atom stereocenters. The molecule has 2 fully saturated rings. The van der Waals surface area contributed by atoms with Gasteiger partial charge in [-0.3, -0.25) is 18.9 Å². The Balaban J connectivity index is 1.58. The topological polar surface area (TPSA) is 80.3 Å². The molecule has 158 valence electrons. The van der Waals surface area contributed by atoms with Gasteiger partial charge in [-0.15, -0.1) is 0 Å². The first-order valence-corrected chi connectivity index (χ1v) is 11.0. The van der Waals surface area contributed by atoms with E-state index in [1.807, 2.05) is 11.0 Å². The Morgan fingerprint density at radius 3 is 2.77 bits per heavy atom. The summed E-state index contributed by atoms with van der Waals surface area (Å²) >= 11 is 6.59. The van der Waals surface area contributed by atoms with Crippen LogP contribution in [0.15, 0.2) is 56.9 Å². The van der Waals surface area contributed by atoms with Gasteiger partial charge in [0.1, 0.15) is 21.5 Å². The Bertz CT molecular complexity index is 1250. The number of fused-ring (bicyclic) bond motifs is 1. The number of thioether (sulfide) groups is 1. The minimum atomic E-state index is -0.253. The number of carbonyl (C=O) groups is 1. The molecule has 10 heteroatoms. The monoisotopic (exact) mass is 454 g/mol. The first kappa shape index (κ1) is 20.0. The fourth-order valence-corrected chi connectivity index (χ4v) is 4.80. The lowest BCUT2D eigenvalue weighted by molar-refractivity contribution is -0.122. The third kappa shape index (κ3) is 3.78. The molecule has 2 aliphatic rings. The summed E-state index contributed by atoms with van der Waals surface area (Å²) in [5.41, 5.74) is 0.684. The fraction of sp³-hybridized carbons (Fsp3) is 0.238. The molecule has 0 unspecified atom stereocenters. The third-order valence-electron chi connectivity index (χ3n) is 5.10. The SMILES string of the molecule is O=C1/C(=C/c2c(N3CCOCC3)nc3ccccn3c2=O)SC(=S)N1Cc1ccco1. The van der Waals surface area contributed by atoms with Gasteiger partial charge in [0.05, 0.1) is 36.5 Å². The van der Waals surface area contributed by atoms with Crippen molar-refractivity contribution in [2.45, 2.75) is 6.54 Å². The zero-order chi connectivity index (χ0) is 21.4. The van der Waals surface area contributed by atoms with Crippen LogP contribution in [0, 0.1) is 0 Å². The molecular formula is C21H18N4O4S2. The Morgan fingerprint density at radius 2 is 2.00 bits per heavy atom. The Hall–Kier alpha value is -2.95. The number of thiocarbonyl (C=S) groups is 1. The summed E-state index contributed by atoms with van der Waals surface area (Å²) < 4.78 is 12.7. The Kier molecular flexibility index (Phi) is 5.34. The van der Waals surface area contributed by atoms with Crippen molar-refractivity contribution in [3.63, 3.8) is 0 Å². The molecule has 1 amide bonds. The predicted octanol–water partition coefficient (Wildman–Crippen LogP) is 2.53. The van der Waals surface area contributed by atoms with Crippen LogP contribution in [0.3, 0.4) is 0 Å². The number of nitrogens with zero attached hydrogens (tertiary/aromatic N) is 4. The number of rotatable bonds is 4. The van der Waals surface area contributed by atoms with Crippen molar-refractivity contribution in [3.05, 3.63) is 69.4 Å². The Morgan fingerprint density at radius 1 is 1.16 bits per heavy atom. The van der Waals surface area contributed by atoms with Crippen molar-refractivity contribution < 1.29 is 13.9 Å². The number of amides is 1. The van der Waals surface area contributed by atoms with Crippen molar-refractivity contribution in [1.29, 1.82) is 0 Å². The van der Waals surface area contributed by atoms with Crippen LogP contribution >= 0.6 is 24.0 Å². The van der Waals surface area contributed by atoms with E-state index in [1.165, 1.54) is 21.1 Å². The second kappa shape index (κ2) is 8.29. The van der Waals surface area contributed by atoms with E-state index in [1.54, 1.807) is 42.8 Å². The number of ether oxygens (including phenoxy) is 1. The van der Waals surface area contributed by atoms with Crippen LogP contribution in [0.4, 0.5) is 5.82 Å². The van der Waals surface area contributed by atoms with Gasteiger partial charge < -0.3 is 14.1 Å². The quantitative estimate of drug-likeness (QED) is 0.440. The van der Waals surface area contributed by atoms with Gasteiger partial charge in [-0.05, 0) is 30.3 Å². The summed E-state index contributed by atoms with van der Waals surface area (Å²) in [5.74, 6) is 0.937. The van der Waals surface area contributed by atoms with Crippen LogP contribution in [0.2, 0.25) is 0 Å². The summed E-state index contributed by atoms with van der Waals surface area (Å²) in [5, 5.41) is 0. The summed E-state index contributed by atoms with van der Waals surface area (Å²) in [6.45, 7) is 2.60. The highest BCUT2D eigenvalue weighted by molar-refractivity contribution is 8.26. The van der Waals surface area contributed by atoms with Gasteiger partial charge in [0.2, 0.25) is 0 Å². The Labute approximate surface area is 187 Å². The molecule has 0 aliphatic carbocycles. The second-order valence-corrected chi connectivity index (χ2v) is 8.71. The average Bonchev–Trinajstić information content (AvgIpc) is 3.40. The van der Waals surface area contributed by atoms with Crippen LogP contribution < -0.4 is 10.5 Å². The largest absolute Gasteiger partial charge is 0.467 e. The van der Waals surface area contributed by atoms with E-state index in [9.17, 15) is 9.59 Å².